The van der Waals surface area contributed by atoms with Gasteiger partial charge in [-0.2, -0.15) is 0 Å². The van der Waals surface area contributed by atoms with E-state index in [0.717, 1.165) is 28.3 Å². The van der Waals surface area contributed by atoms with Crippen molar-refractivity contribution >= 4 is 28.6 Å². The van der Waals surface area contributed by atoms with Crippen LogP contribution in [0.4, 0.5) is 0 Å². The van der Waals surface area contributed by atoms with Gasteiger partial charge in [-0.15, -0.1) is 32.9 Å². The molecule has 4 aromatic rings. The van der Waals surface area contributed by atoms with Crippen LogP contribution in [-0.2, 0) is 11.3 Å². The number of carbonyl (C=O) groups excluding carboxylic acids is 1. The van der Waals surface area contributed by atoms with Crippen molar-refractivity contribution in [1.29, 1.82) is 0 Å². The van der Waals surface area contributed by atoms with Gasteiger partial charge in [0.25, 0.3) is 5.89 Å². The molecule has 1 unspecified atom stereocenters. The molecule has 0 saturated heterocycles. The van der Waals surface area contributed by atoms with Crippen LogP contribution in [0.1, 0.15) is 35.7 Å². The molecule has 0 aliphatic rings. The first-order valence-electron chi connectivity index (χ1n) is 10.2. The average Bonchev–Trinajstić information content (AvgIpc) is 3.55. The first-order chi connectivity index (χ1) is 15.2. The highest BCUT2D eigenvalue weighted by Gasteiger charge is 2.20. The van der Waals surface area contributed by atoms with Crippen LogP contribution in [0.2, 0.25) is 0 Å². The van der Waals surface area contributed by atoms with E-state index in [9.17, 15) is 4.79 Å². The van der Waals surface area contributed by atoms with E-state index < -0.39 is 0 Å². The van der Waals surface area contributed by atoms with Crippen molar-refractivity contribution in [1.82, 2.24) is 20.4 Å². The molecule has 0 bridgehead atoms. The van der Waals surface area contributed by atoms with Gasteiger partial charge in [0.05, 0.1) is 24.0 Å². The van der Waals surface area contributed by atoms with Gasteiger partial charge in [0.2, 0.25) is 11.8 Å². The van der Waals surface area contributed by atoms with E-state index >= 15 is 0 Å². The molecule has 3 heterocycles. The van der Waals surface area contributed by atoms with E-state index in [4.69, 9.17) is 4.42 Å². The second-order valence-corrected chi connectivity index (χ2v) is 9.04. The van der Waals surface area contributed by atoms with Gasteiger partial charge in [0.1, 0.15) is 0 Å². The molecule has 0 spiro atoms. The molecule has 1 N–H and O–H groups in total. The minimum atomic E-state index is -0.161. The molecular weight excluding hydrogens is 428 g/mol. The second kappa shape index (κ2) is 10.5. The largest absolute Gasteiger partial charge is 0.419 e. The van der Waals surface area contributed by atoms with E-state index in [1.54, 1.807) is 22.7 Å². The number of nitrogens with zero attached hydrogens (tertiary/aromatic N) is 3. The number of thiophene rings is 2. The van der Waals surface area contributed by atoms with Crippen molar-refractivity contribution in [2.45, 2.75) is 25.9 Å². The lowest BCUT2D eigenvalue weighted by molar-refractivity contribution is -0.122. The Labute approximate surface area is 189 Å². The van der Waals surface area contributed by atoms with Crippen molar-refractivity contribution in [3.05, 3.63) is 81.7 Å². The zero-order valence-corrected chi connectivity index (χ0v) is 18.9. The molecule has 3 aromatic heterocycles. The lowest BCUT2D eigenvalue weighted by atomic mass is 10.1. The highest BCUT2D eigenvalue weighted by atomic mass is 32.1. The van der Waals surface area contributed by atoms with Gasteiger partial charge >= 0.3 is 0 Å². The Kier molecular flexibility index (Phi) is 7.24. The summed E-state index contributed by atoms with van der Waals surface area (Å²) in [6.45, 7) is 3.56. The molecule has 0 fully saturated rings. The summed E-state index contributed by atoms with van der Waals surface area (Å²) in [5.74, 6) is 1.00. The number of hydrogen-bond donors (Lipinski definition) is 1. The molecule has 0 saturated carbocycles. The number of amides is 1. The SMILES string of the molecule is CCCN(CC(=O)NC(c1ccccc1)c1cccs1)Cc1nnc(-c2cccs2)o1. The standard InChI is InChI=1S/C23H24N4O2S2/c1-2-12-27(16-21-25-26-23(29-21)19-11-7-14-31-19)15-20(28)24-22(18-10-6-13-30-18)17-8-4-3-5-9-17/h3-11,13-14,22H,2,12,15-16H2,1H3,(H,24,28). The summed E-state index contributed by atoms with van der Waals surface area (Å²) >= 11 is 3.20. The van der Waals surface area contributed by atoms with E-state index in [2.05, 4.69) is 28.5 Å². The Balaban J connectivity index is 1.43. The van der Waals surface area contributed by atoms with Crippen LogP contribution in [0.25, 0.3) is 10.8 Å². The fourth-order valence-corrected chi connectivity index (χ4v) is 4.81. The third-order valence-corrected chi connectivity index (χ3v) is 6.53. The zero-order valence-electron chi connectivity index (χ0n) is 17.2. The van der Waals surface area contributed by atoms with E-state index in [1.165, 1.54) is 0 Å². The van der Waals surface area contributed by atoms with Crippen molar-refractivity contribution < 1.29 is 9.21 Å². The number of rotatable bonds is 10. The maximum absolute atomic E-state index is 13.0. The van der Waals surface area contributed by atoms with Crippen molar-refractivity contribution in [2.24, 2.45) is 0 Å². The minimum absolute atomic E-state index is 0.0336. The quantitative estimate of drug-likeness (QED) is 0.368. The molecule has 0 aliphatic carbocycles. The Bertz CT molecular complexity index is 1060. The molecule has 31 heavy (non-hydrogen) atoms. The van der Waals surface area contributed by atoms with Gasteiger partial charge in [0, 0.05) is 4.88 Å². The lowest BCUT2D eigenvalue weighted by Crippen LogP contribution is -2.39. The third kappa shape index (κ3) is 5.66. The summed E-state index contributed by atoms with van der Waals surface area (Å²) in [6, 6.07) is 17.8. The normalized spacial score (nSPS) is 12.2. The number of nitrogens with one attached hydrogen (secondary N) is 1. The Morgan fingerprint density at radius 3 is 2.58 bits per heavy atom. The van der Waals surface area contributed by atoms with Gasteiger partial charge in [-0.1, -0.05) is 49.4 Å². The first-order valence-corrected chi connectivity index (χ1v) is 11.9. The average molecular weight is 453 g/mol. The zero-order chi connectivity index (χ0) is 21.5. The number of hydrogen-bond acceptors (Lipinski definition) is 7. The number of aromatic nitrogens is 2. The van der Waals surface area contributed by atoms with Gasteiger partial charge in [0.15, 0.2) is 0 Å². The van der Waals surface area contributed by atoms with Crippen LogP contribution in [0.5, 0.6) is 0 Å². The van der Waals surface area contributed by atoms with E-state index in [1.807, 2.05) is 64.2 Å². The summed E-state index contributed by atoms with van der Waals surface area (Å²) in [6.07, 6.45) is 0.923. The first kappa shape index (κ1) is 21.4. The van der Waals surface area contributed by atoms with Crippen molar-refractivity contribution in [3.8, 4) is 10.8 Å². The van der Waals surface area contributed by atoms with E-state index in [0.29, 0.717) is 18.3 Å². The van der Waals surface area contributed by atoms with Gasteiger partial charge in [-0.05, 0) is 41.4 Å². The summed E-state index contributed by atoms with van der Waals surface area (Å²) in [7, 11) is 0. The highest BCUT2D eigenvalue weighted by molar-refractivity contribution is 7.13. The molecule has 1 aromatic carbocycles. The topological polar surface area (TPSA) is 71.3 Å². The van der Waals surface area contributed by atoms with Crippen LogP contribution in [0.3, 0.4) is 0 Å². The molecule has 0 aliphatic heterocycles. The van der Waals surface area contributed by atoms with Gasteiger partial charge in [-0.25, -0.2) is 0 Å². The molecule has 1 atom stereocenters. The monoisotopic (exact) mass is 452 g/mol. The van der Waals surface area contributed by atoms with Crippen LogP contribution < -0.4 is 5.32 Å². The predicted octanol–water partition coefficient (Wildman–Crippen LogP) is 4.98. The fraction of sp³-hybridized carbons (Fsp3) is 0.261. The molecule has 4 rings (SSSR count). The van der Waals surface area contributed by atoms with Crippen molar-refractivity contribution in [2.75, 3.05) is 13.1 Å². The lowest BCUT2D eigenvalue weighted by Gasteiger charge is -2.22. The summed E-state index contributed by atoms with van der Waals surface area (Å²) in [5.41, 5.74) is 1.07. The Hall–Kier alpha value is -2.81. The van der Waals surface area contributed by atoms with Crippen molar-refractivity contribution in [3.63, 3.8) is 0 Å². The van der Waals surface area contributed by atoms with Crippen LogP contribution in [0.15, 0.2) is 69.8 Å². The van der Waals surface area contributed by atoms with Crippen LogP contribution in [0, 0.1) is 0 Å². The Morgan fingerprint density at radius 2 is 1.87 bits per heavy atom. The minimum Gasteiger partial charge on any atom is -0.419 e. The summed E-state index contributed by atoms with van der Waals surface area (Å²) in [5, 5.41) is 15.5. The molecule has 0 radical (unpaired) electrons. The van der Waals surface area contributed by atoms with Gasteiger partial charge < -0.3 is 9.73 Å². The molecule has 1 amide bonds. The Morgan fingerprint density at radius 1 is 1.06 bits per heavy atom. The maximum Gasteiger partial charge on any atom is 0.257 e. The van der Waals surface area contributed by atoms with E-state index in [-0.39, 0.29) is 18.5 Å². The summed E-state index contributed by atoms with van der Waals surface area (Å²) in [4.78, 5) is 17.1. The summed E-state index contributed by atoms with van der Waals surface area (Å²) < 4.78 is 5.81. The third-order valence-electron chi connectivity index (χ3n) is 4.73. The number of benzene rings is 1. The number of carbonyl (C=O) groups is 1. The van der Waals surface area contributed by atoms with Crippen LogP contribution >= 0.6 is 22.7 Å². The predicted molar refractivity (Wildman–Crippen MR) is 124 cm³/mol. The second-order valence-electron chi connectivity index (χ2n) is 7.12. The molecular formula is C23H24N4O2S2. The fourth-order valence-electron chi connectivity index (χ4n) is 3.37. The molecule has 6 nitrogen and oxygen atoms in total. The molecule has 160 valence electrons. The van der Waals surface area contributed by atoms with Gasteiger partial charge in [-0.3, -0.25) is 9.69 Å². The highest BCUT2D eigenvalue weighted by Crippen LogP contribution is 2.26. The molecule has 8 heteroatoms. The smallest absolute Gasteiger partial charge is 0.257 e. The maximum atomic E-state index is 13.0. The van der Waals surface area contributed by atoms with Crippen LogP contribution in [-0.4, -0.2) is 34.1 Å².